The summed E-state index contributed by atoms with van der Waals surface area (Å²) in [5.41, 5.74) is 0.381. The lowest BCUT2D eigenvalue weighted by Crippen LogP contribution is -2.41. The molecule has 1 aromatic carbocycles. The first-order valence-corrected chi connectivity index (χ1v) is 11.5. The molecule has 1 aliphatic heterocycles. The van der Waals surface area contributed by atoms with E-state index in [1.165, 1.54) is 32.3 Å². The van der Waals surface area contributed by atoms with Gasteiger partial charge in [-0.05, 0) is 17.7 Å². The number of sulfone groups is 1. The van der Waals surface area contributed by atoms with Crippen LogP contribution < -0.4 is 0 Å². The molecule has 26 heavy (non-hydrogen) atoms. The van der Waals surface area contributed by atoms with Gasteiger partial charge in [0.2, 0.25) is 15.9 Å². The molecule has 0 aliphatic carbocycles. The molecule has 1 aliphatic rings. The lowest BCUT2D eigenvalue weighted by atomic mass is 10.2. The zero-order valence-electron chi connectivity index (χ0n) is 14.9. The maximum absolute atomic E-state index is 12.3. The Morgan fingerprint density at radius 2 is 1.81 bits per heavy atom. The van der Waals surface area contributed by atoms with Crippen LogP contribution in [0.3, 0.4) is 0 Å². The Labute approximate surface area is 154 Å². The summed E-state index contributed by atoms with van der Waals surface area (Å²) in [7, 11) is -4.34. The summed E-state index contributed by atoms with van der Waals surface area (Å²) in [6, 6.07) is 5.86. The van der Waals surface area contributed by atoms with E-state index in [-0.39, 0.29) is 28.7 Å². The number of carbonyl (C=O) groups excluding carboxylic acids is 1. The molecule has 1 heterocycles. The van der Waals surface area contributed by atoms with Crippen molar-refractivity contribution in [2.45, 2.75) is 17.1 Å². The van der Waals surface area contributed by atoms with E-state index in [1.54, 1.807) is 11.0 Å². The molecule has 8 nitrogen and oxygen atoms in total. The normalized spacial score (nSPS) is 16.0. The molecule has 0 aromatic heterocycles. The van der Waals surface area contributed by atoms with Gasteiger partial charge in [0.1, 0.15) is 0 Å². The fraction of sp³-hybridized carbons (Fsp3) is 0.562. The fourth-order valence-electron chi connectivity index (χ4n) is 2.55. The van der Waals surface area contributed by atoms with Crippen LogP contribution in [0.5, 0.6) is 0 Å². The molecule has 0 N–H and O–H groups in total. The lowest BCUT2D eigenvalue weighted by Gasteiger charge is -2.26. The Balaban J connectivity index is 2.01. The minimum absolute atomic E-state index is 0.0413. The van der Waals surface area contributed by atoms with Crippen LogP contribution in [0.1, 0.15) is 12.0 Å². The number of hydrogen-bond donors (Lipinski definition) is 0. The van der Waals surface area contributed by atoms with Crippen molar-refractivity contribution in [3.63, 3.8) is 0 Å². The van der Waals surface area contributed by atoms with Crippen LogP contribution in [0.2, 0.25) is 0 Å². The predicted molar refractivity (Wildman–Crippen MR) is 96.8 cm³/mol. The zero-order chi connectivity index (χ0) is 19.4. The molecular weight excluding hydrogens is 380 g/mol. The highest BCUT2D eigenvalue weighted by Gasteiger charge is 2.22. The summed E-state index contributed by atoms with van der Waals surface area (Å²) in [4.78, 5) is 13.7. The van der Waals surface area contributed by atoms with Gasteiger partial charge in [0, 0.05) is 33.6 Å². The van der Waals surface area contributed by atoms with E-state index in [0.29, 0.717) is 31.9 Å². The molecular formula is C16H24N2O6S2. The highest BCUT2D eigenvalue weighted by atomic mass is 32.2. The molecule has 0 saturated carbocycles. The van der Waals surface area contributed by atoms with Gasteiger partial charge in [-0.15, -0.1) is 0 Å². The number of ether oxygens (including phenoxy) is 1. The summed E-state index contributed by atoms with van der Waals surface area (Å²) in [5, 5.41) is 0. The van der Waals surface area contributed by atoms with Crippen LogP contribution in [0.15, 0.2) is 29.2 Å². The van der Waals surface area contributed by atoms with Crippen molar-refractivity contribution in [1.82, 2.24) is 9.21 Å². The van der Waals surface area contributed by atoms with Crippen molar-refractivity contribution in [3.8, 4) is 0 Å². The standard InChI is InChI=1S/C16H24N2O6S2/c1-17(2)26(22,23)15-5-3-4-14(12-15)13-25(20,21)11-6-16(19)18-7-9-24-10-8-18/h3-5,12H,6-11,13H2,1-2H3. The molecule has 0 atom stereocenters. The van der Waals surface area contributed by atoms with Crippen molar-refractivity contribution in [1.29, 1.82) is 0 Å². The number of benzene rings is 1. The quantitative estimate of drug-likeness (QED) is 0.639. The van der Waals surface area contributed by atoms with E-state index in [9.17, 15) is 21.6 Å². The first-order chi connectivity index (χ1) is 12.1. The van der Waals surface area contributed by atoms with E-state index in [2.05, 4.69) is 0 Å². The molecule has 146 valence electrons. The summed E-state index contributed by atoms with van der Waals surface area (Å²) in [6.07, 6.45) is -0.0853. The van der Waals surface area contributed by atoms with Crippen LogP contribution in [0, 0.1) is 0 Å². The average molecular weight is 405 g/mol. The Morgan fingerprint density at radius 3 is 2.42 bits per heavy atom. The Morgan fingerprint density at radius 1 is 1.15 bits per heavy atom. The molecule has 1 aromatic rings. The maximum Gasteiger partial charge on any atom is 0.242 e. The van der Waals surface area contributed by atoms with Gasteiger partial charge >= 0.3 is 0 Å². The molecule has 0 unspecified atom stereocenters. The van der Waals surface area contributed by atoms with E-state index in [4.69, 9.17) is 4.74 Å². The highest BCUT2D eigenvalue weighted by Crippen LogP contribution is 2.17. The lowest BCUT2D eigenvalue weighted by molar-refractivity contribution is -0.134. The van der Waals surface area contributed by atoms with Crippen LogP contribution >= 0.6 is 0 Å². The minimum Gasteiger partial charge on any atom is -0.378 e. The predicted octanol–water partition coefficient (Wildman–Crippen LogP) is 0.101. The largest absolute Gasteiger partial charge is 0.378 e. The number of nitrogens with zero attached hydrogens (tertiary/aromatic N) is 2. The highest BCUT2D eigenvalue weighted by molar-refractivity contribution is 7.90. The number of carbonyl (C=O) groups is 1. The second-order valence-corrected chi connectivity index (χ2v) is 10.6. The first-order valence-electron chi connectivity index (χ1n) is 8.19. The van der Waals surface area contributed by atoms with Crippen LogP contribution in [-0.4, -0.2) is 78.1 Å². The van der Waals surface area contributed by atoms with Crippen molar-refractivity contribution >= 4 is 25.8 Å². The van der Waals surface area contributed by atoms with E-state index in [1.807, 2.05) is 0 Å². The maximum atomic E-state index is 12.3. The summed E-state index contributed by atoms with van der Waals surface area (Å²) in [6.45, 7) is 1.88. The second-order valence-electron chi connectivity index (χ2n) is 6.27. The number of hydrogen-bond acceptors (Lipinski definition) is 6. The fourth-order valence-corrected chi connectivity index (χ4v) is 4.84. The number of morpholine rings is 1. The first kappa shape index (κ1) is 20.8. The Hall–Kier alpha value is -1.49. The minimum atomic E-state index is -3.63. The van der Waals surface area contributed by atoms with E-state index in [0.717, 1.165) is 4.31 Å². The second kappa shape index (κ2) is 8.47. The molecule has 2 rings (SSSR count). The van der Waals surface area contributed by atoms with Crippen molar-refractivity contribution in [2.75, 3.05) is 46.2 Å². The van der Waals surface area contributed by atoms with Gasteiger partial charge in [0.25, 0.3) is 0 Å². The van der Waals surface area contributed by atoms with Crippen LogP contribution in [0.25, 0.3) is 0 Å². The van der Waals surface area contributed by atoms with E-state index < -0.39 is 19.9 Å². The van der Waals surface area contributed by atoms with E-state index >= 15 is 0 Å². The van der Waals surface area contributed by atoms with Crippen LogP contribution in [0.4, 0.5) is 0 Å². The zero-order valence-corrected chi connectivity index (χ0v) is 16.6. The third kappa shape index (κ3) is 5.50. The third-order valence-electron chi connectivity index (χ3n) is 4.05. The Bertz CT molecular complexity index is 843. The SMILES string of the molecule is CN(C)S(=O)(=O)c1cccc(CS(=O)(=O)CCC(=O)N2CCOCC2)c1. The number of sulfonamides is 1. The van der Waals surface area contributed by atoms with Gasteiger partial charge in [-0.2, -0.15) is 0 Å². The average Bonchev–Trinajstić information content (AvgIpc) is 2.60. The summed E-state index contributed by atoms with van der Waals surface area (Å²) >= 11 is 0. The molecule has 1 saturated heterocycles. The van der Waals surface area contributed by atoms with Gasteiger partial charge < -0.3 is 9.64 Å². The Kier molecular flexibility index (Phi) is 6.78. The van der Waals surface area contributed by atoms with Crippen LogP contribution in [-0.2, 0) is 35.1 Å². The smallest absolute Gasteiger partial charge is 0.242 e. The number of amides is 1. The van der Waals surface area contributed by atoms with Gasteiger partial charge in [-0.25, -0.2) is 21.1 Å². The topological polar surface area (TPSA) is 101 Å². The molecule has 0 bridgehead atoms. The third-order valence-corrected chi connectivity index (χ3v) is 7.46. The monoisotopic (exact) mass is 404 g/mol. The number of rotatable bonds is 7. The molecule has 1 amide bonds. The summed E-state index contributed by atoms with van der Waals surface area (Å²) in [5.74, 6) is -0.783. The van der Waals surface area contributed by atoms with Crippen molar-refractivity contribution < 1.29 is 26.4 Å². The summed E-state index contributed by atoms with van der Waals surface area (Å²) < 4.78 is 55.2. The van der Waals surface area contributed by atoms with Gasteiger partial charge in [0.05, 0.1) is 29.6 Å². The van der Waals surface area contributed by atoms with Crippen molar-refractivity contribution in [2.24, 2.45) is 0 Å². The molecule has 1 fully saturated rings. The van der Waals surface area contributed by atoms with Gasteiger partial charge in [-0.3, -0.25) is 4.79 Å². The van der Waals surface area contributed by atoms with Gasteiger partial charge in [-0.1, -0.05) is 12.1 Å². The molecule has 0 radical (unpaired) electrons. The van der Waals surface area contributed by atoms with Gasteiger partial charge in [0.15, 0.2) is 9.84 Å². The molecule has 10 heteroatoms. The van der Waals surface area contributed by atoms with Crippen molar-refractivity contribution in [3.05, 3.63) is 29.8 Å². The molecule has 0 spiro atoms.